The Morgan fingerprint density at radius 2 is 1.95 bits per heavy atom. The molecule has 3 nitrogen and oxygen atoms in total. The Morgan fingerprint density at radius 1 is 1.27 bits per heavy atom. The zero-order chi connectivity index (χ0) is 15.3. The minimum absolute atomic E-state index is 0. The summed E-state index contributed by atoms with van der Waals surface area (Å²) in [5, 5.41) is 6.86. The van der Waals surface area contributed by atoms with Gasteiger partial charge in [0.15, 0.2) is 0 Å². The summed E-state index contributed by atoms with van der Waals surface area (Å²) in [6.07, 6.45) is -2.54. The van der Waals surface area contributed by atoms with Crippen molar-refractivity contribution < 1.29 is 17.9 Å². The maximum atomic E-state index is 12.4. The summed E-state index contributed by atoms with van der Waals surface area (Å²) in [5.41, 5.74) is 0.411. The third kappa shape index (κ3) is 6.60. The van der Waals surface area contributed by atoms with Crippen molar-refractivity contribution in [2.45, 2.75) is 25.7 Å². The van der Waals surface area contributed by atoms with Gasteiger partial charge in [0.2, 0.25) is 0 Å². The Labute approximate surface area is 139 Å². The maximum Gasteiger partial charge on any atom is 0.573 e. The van der Waals surface area contributed by atoms with E-state index in [4.69, 9.17) is 11.6 Å². The molecule has 1 aliphatic rings. The van der Waals surface area contributed by atoms with Crippen LogP contribution in [0.15, 0.2) is 18.2 Å². The predicted molar refractivity (Wildman–Crippen MR) is 82.7 cm³/mol. The van der Waals surface area contributed by atoms with Gasteiger partial charge < -0.3 is 15.4 Å². The van der Waals surface area contributed by atoms with Gasteiger partial charge in [0.25, 0.3) is 0 Å². The fourth-order valence-electron chi connectivity index (χ4n) is 2.41. The summed E-state index contributed by atoms with van der Waals surface area (Å²) >= 11 is 5.84. The molecule has 0 atom stereocenters. The van der Waals surface area contributed by atoms with Crippen LogP contribution in [0.1, 0.15) is 18.4 Å². The molecule has 126 valence electrons. The van der Waals surface area contributed by atoms with E-state index < -0.39 is 6.36 Å². The molecule has 2 N–H and O–H groups in total. The zero-order valence-corrected chi connectivity index (χ0v) is 13.5. The summed E-state index contributed by atoms with van der Waals surface area (Å²) in [7, 11) is 0. The van der Waals surface area contributed by atoms with Crippen LogP contribution in [-0.2, 0) is 6.54 Å². The molecular weight excluding hydrogens is 340 g/mol. The van der Waals surface area contributed by atoms with Crippen LogP contribution in [0.5, 0.6) is 5.75 Å². The van der Waals surface area contributed by atoms with Crippen molar-refractivity contribution in [1.29, 1.82) is 0 Å². The normalized spacial score (nSPS) is 16.2. The molecule has 2 rings (SSSR count). The molecular formula is C14H19Cl2F3N2O. The first-order chi connectivity index (χ1) is 9.94. The first-order valence-corrected chi connectivity index (χ1v) is 7.27. The van der Waals surface area contributed by atoms with E-state index in [1.54, 1.807) is 0 Å². The third-order valence-electron chi connectivity index (χ3n) is 3.46. The van der Waals surface area contributed by atoms with Gasteiger partial charge in [-0.15, -0.1) is 25.6 Å². The van der Waals surface area contributed by atoms with Gasteiger partial charge in [-0.25, -0.2) is 0 Å². The minimum Gasteiger partial charge on any atom is -0.405 e. The molecule has 0 unspecified atom stereocenters. The van der Waals surface area contributed by atoms with E-state index in [1.165, 1.54) is 18.2 Å². The number of benzene rings is 1. The molecule has 1 saturated heterocycles. The van der Waals surface area contributed by atoms with Crippen molar-refractivity contribution in [2.75, 3.05) is 19.6 Å². The Bertz CT molecular complexity index is 466. The molecule has 0 saturated carbocycles. The summed E-state index contributed by atoms with van der Waals surface area (Å²) in [6.45, 7) is 3.06. The van der Waals surface area contributed by atoms with Gasteiger partial charge in [0.1, 0.15) is 5.75 Å². The SMILES string of the molecule is Cl.FC(F)(F)Oc1ccc(Cl)cc1CNCC1CCNCC1. The number of alkyl halides is 3. The standard InChI is InChI=1S/C14H18ClF3N2O.ClH/c15-12-1-2-13(21-14(16,17)18)11(7-12)9-20-8-10-3-5-19-6-4-10;/h1-2,7,10,19-20H,3-6,8-9H2;1H. The van der Waals surface area contributed by atoms with Crippen LogP contribution in [0.2, 0.25) is 5.02 Å². The smallest absolute Gasteiger partial charge is 0.405 e. The van der Waals surface area contributed by atoms with Gasteiger partial charge in [-0.1, -0.05) is 11.6 Å². The molecule has 1 fully saturated rings. The van der Waals surface area contributed by atoms with E-state index in [-0.39, 0.29) is 18.2 Å². The molecule has 8 heteroatoms. The number of nitrogens with one attached hydrogen (secondary N) is 2. The van der Waals surface area contributed by atoms with Crippen molar-refractivity contribution in [2.24, 2.45) is 5.92 Å². The molecule has 0 aliphatic carbocycles. The molecule has 0 aromatic heterocycles. The van der Waals surface area contributed by atoms with E-state index in [0.29, 0.717) is 23.0 Å². The van der Waals surface area contributed by atoms with Gasteiger partial charge in [-0.3, -0.25) is 0 Å². The summed E-state index contributed by atoms with van der Waals surface area (Å²) in [5.74, 6) is 0.349. The molecule has 0 amide bonds. The molecule has 1 heterocycles. The largest absolute Gasteiger partial charge is 0.573 e. The second-order valence-corrected chi connectivity index (χ2v) is 5.56. The lowest BCUT2D eigenvalue weighted by Gasteiger charge is -2.23. The first-order valence-electron chi connectivity index (χ1n) is 6.89. The van der Waals surface area contributed by atoms with E-state index in [9.17, 15) is 13.2 Å². The van der Waals surface area contributed by atoms with Crippen LogP contribution < -0.4 is 15.4 Å². The number of piperidine rings is 1. The lowest BCUT2D eigenvalue weighted by Crippen LogP contribution is -2.33. The number of hydrogen-bond acceptors (Lipinski definition) is 3. The van der Waals surface area contributed by atoms with Crippen LogP contribution in [0.25, 0.3) is 0 Å². The summed E-state index contributed by atoms with van der Waals surface area (Å²) < 4.78 is 41.1. The number of halogens is 5. The number of ether oxygens (including phenoxy) is 1. The zero-order valence-electron chi connectivity index (χ0n) is 11.9. The second-order valence-electron chi connectivity index (χ2n) is 5.12. The number of rotatable bonds is 5. The van der Waals surface area contributed by atoms with Gasteiger partial charge in [0, 0.05) is 17.1 Å². The quantitative estimate of drug-likeness (QED) is 0.840. The Kier molecular flexibility index (Phi) is 7.76. The molecule has 0 bridgehead atoms. The average molecular weight is 359 g/mol. The van der Waals surface area contributed by atoms with Crippen molar-refractivity contribution in [3.8, 4) is 5.75 Å². The van der Waals surface area contributed by atoms with Crippen molar-refractivity contribution >= 4 is 24.0 Å². The molecule has 22 heavy (non-hydrogen) atoms. The molecule has 0 radical (unpaired) electrons. The Balaban J connectivity index is 0.00000242. The predicted octanol–water partition coefficient (Wildman–Crippen LogP) is 3.75. The Morgan fingerprint density at radius 3 is 2.59 bits per heavy atom. The monoisotopic (exact) mass is 358 g/mol. The Hall–Kier alpha value is -0.690. The van der Waals surface area contributed by atoms with Gasteiger partial charge >= 0.3 is 6.36 Å². The topological polar surface area (TPSA) is 33.3 Å². The lowest BCUT2D eigenvalue weighted by molar-refractivity contribution is -0.274. The molecule has 1 aromatic carbocycles. The van der Waals surface area contributed by atoms with E-state index in [1.807, 2.05) is 0 Å². The lowest BCUT2D eigenvalue weighted by atomic mass is 9.98. The van der Waals surface area contributed by atoms with Gasteiger partial charge in [-0.2, -0.15) is 0 Å². The highest BCUT2D eigenvalue weighted by Crippen LogP contribution is 2.28. The highest BCUT2D eigenvalue weighted by molar-refractivity contribution is 6.30. The van der Waals surface area contributed by atoms with Crippen LogP contribution in [0, 0.1) is 5.92 Å². The van der Waals surface area contributed by atoms with Crippen molar-refractivity contribution in [3.63, 3.8) is 0 Å². The maximum absolute atomic E-state index is 12.4. The number of hydrogen-bond donors (Lipinski definition) is 2. The van der Waals surface area contributed by atoms with E-state index >= 15 is 0 Å². The fraction of sp³-hybridized carbons (Fsp3) is 0.571. The molecule has 0 spiro atoms. The van der Waals surface area contributed by atoms with Crippen molar-refractivity contribution in [3.05, 3.63) is 28.8 Å². The minimum atomic E-state index is -4.70. The van der Waals surface area contributed by atoms with Gasteiger partial charge in [0.05, 0.1) is 0 Å². The summed E-state index contributed by atoms with van der Waals surface area (Å²) in [6, 6.07) is 4.13. The van der Waals surface area contributed by atoms with E-state index in [0.717, 1.165) is 32.5 Å². The van der Waals surface area contributed by atoms with Crippen LogP contribution in [-0.4, -0.2) is 26.0 Å². The van der Waals surface area contributed by atoms with Crippen LogP contribution in [0.4, 0.5) is 13.2 Å². The van der Waals surface area contributed by atoms with Gasteiger partial charge in [-0.05, 0) is 56.6 Å². The molecule has 1 aliphatic heterocycles. The van der Waals surface area contributed by atoms with E-state index in [2.05, 4.69) is 15.4 Å². The van der Waals surface area contributed by atoms with Crippen molar-refractivity contribution in [1.82, 2.24) is 10.6 Å². The van der Waals surface area contributed by atoms with Crippen LogP contribution >= 0.6 is 24.0 Å². The highest BCUT2D eigenvalue weighted by atomic mass is 35.5. The second kappa shape index (κ2) is 8.82. The average Bonchev–Trinajstić information content (AvgIpc) is 2.42. The molecule has 1 aromatic rings. The first kappa shape index (κ1) is 19.4. The van der Waals surface area contributed by atoms with Crippen LogP contribution in [0.3, 0.4) is 0 Å². The summed E-state index contributed by atoms with van der Waals surface area (Å²) in [4.78, 5) is 0. The third-order valence-corrected chi connectivity index (χ3v) is 3.69. The highest BCUT2D eigenvalue weighted by Gasteiger charge is 2.32. The fourth-order valence-corrected chi connectivity index (χ4v) is 2.60.